The number of nitrogens with zero attached hydrogens (tertiary/aromatic N) is 2. The molecule has 0 aromatic carbocycles. The molecule has 3 aromatic rings. The molecule has 3 rings (SSSR count). The first-order chi connectivity index (χ1) is 11.5. The Morgan fingerprint density at radius 3 is 2.83 bits per heavy atom. The predicted molar refractivity (Wildman–Crippen MR) is 84.9 cm³/mol. The van der Waals surface area contributed by atoms with Gasteiger partial charge in [-0.3, -0.25) is 9.48 Å². The molecule has 0 spiro atoms. The van der Waals surface area contributed by atoms with Crippen LogP contribution >= 0.6 is 0 Å². The molecule has 3 aromatic heterocycles. The number of Topliss-reactive ketones (excluding diaryl/α,β-unsaturated/α-hetero) is 1. The lowest BCUT2D eigenvalue weighted by Crippen LogP contribution is -2.14. The number of aromatic amines is 1. The fraction of sp³-hybridized carbons (Fsp3) is 0.235. The van der Waals surface area contributed by atoms with Crippen molar-refractivity contribution in [1.29, 1.82) is 0 Å². The molecule has 0 fully saturated rings. The van der Waals surface area contributed by atoms with Gasteiger partial charge in [-0.2, -0.15) is 5.10 Å². The Labute approximate surface area is 138 Å². The number of hydrogen-bond acceptors (Lipinski definition) is 5. The van der Waals surface area contributed by atoms with E-state index in [4.69, 9.17) is 9.15 Å². The van der Waals surface area contributed by atoms with E-state index < -0.39 is 5.97 Å². The highest BCUT2D eigenvalue weighted by atomic mass is 16.5. The third-order valence-electron chi connectivity index (χ3n) is 3.52. The van der Waals surface area contributed by atoms with Crippen molar-refractivity contribution in [2.75, 3.05) is 6.61 Å². The average Bonchev–Trinajstić information content (AvgIpc) is 3.27. The minimum Gasteiger partial charge on any atom is -0.452 e. The molecular formula is C17H17N3O4. The molecule has 0 aliphatic heterocycles. The topological polar surface area (TPSA) is 90.1 Å². The fourth-order valence-corrected chi connectivity index (χ4v) is 2.42. The molecule has 7 nitrogen and oxygen atoms in total. The van der Waals surface area contributed by atoms with Crippen LogP contribution in [0.4, 0.5) is 0 Å². The highest BCUT2D eigenvalue weighted by Crippen LogP contribution is 2.13. The zero-order chi connectivity index (χ0) is 17.1. The van der Waals surface area contributed by atoms with Crippen molar-refractivity contribution >= 4 is 11.8 Å². The van der Waals surface area contributed by atoms with Gasteiger partial charge >= 0.3 is 5.97 Å². The summed E-state index contributed by atoms with van der Waals surface area (Å²) in [6.07, 6.45) is 3.45. The Bertz CT molecular complexity index is 858. The summed E-state index contributed by atoms with van der Waals surface area (Å²) >= 11 is 0. The summed E-state index contributed by atoms with van der Waals surface area (Å²) in [5.41, 5.74) is 2.17. The number of esters is 1. The highest BCUT2D eigenvalue weighted by molar-refractivity contribution is 6.00. The number of H-pyrrole nitrogens is 1. The van der Waals surface area contributed by atoms with E-state index in [9.17, 15) is 9.59 Å². The molecule has 0 unspecified atom stereocenters. The molecule has 7 heteroatoms. The fourth-order valence-electron chi connectivity index (χ4n) is 2.42. The Morgan fingerprint density at radius 2 is 2.17 bits per heavy atom. The summed E-state index contributed by atoms with van der Waals surface area (Å²) in [4.78, 5) is 27.1. The molecule has 24 heavy (non-hydrogen) atoms. The molecular weight excluding hydrogens is 310 g/mol. The number of ketones is 1. The minimum absolute atomic E-state index is 0.0620. The van der Waals surface area contributed by atoms with E-state index in [1.54, 1.807) is 42.2 Å². The maximum absolute atomic E-state index is 12.1. The molecule has 0 saturated heterocycles. The second-order valence-corrected chi connectivity index (χ2v) is 5.46. The monoisotopic (exact) mass is 327 g/mol. The number of nitrogens with one attached hydrogen (secondary N) is 1. The summed E-state index contributed by atoms with van der Waals surface area (Å²) in [6, 6.07) is 6.74. The van der Waals surface area contributed by atoms with Crippen LogP contribution in [0.25, 0.3) is 0 Å². The van der Waals surface area contributed by atoms with Crippen molar-refractivity contribution < 1.29 is 18.7 Å². The summed E-state index contributed by atoms with van der Waals surface area (Å²) in [6.45, 7) is 3.75. The van der Waals surface area contributed by atoms with Gasteiger partial charge < -0.3 is 14.1 Å². The number of furan rings is 1. The maximum atomic E-state index is 12.1. The third kappa shape index (κ3) is 3.45. The van der Waals surface area contributed by atoms with Crippen LogP contribution < -0.4 is 0 Å². The number of hydrogen-bond donors (Lipinski definition) is 1. The van der Waals surface area contributed by atoms with Gasteiger partial charge in [0.25, 0.3) is 0 Å². The largest absolute Gasteiger partial charge is 0.452 e. The van der Waals surface area contributed by atoms with Crippen molar-refractivity contribution in [1.82, 2.24) is 14.8 Å². The molecule has 0 saturated carbocycles. The number of carbonyl (C=O) groups excluding carboxylic acids is 2. The molecule has 124 valence electrons. The zero-order valence-electron chi connectivity index (χ0n) is 13.4. The minimum atomic E-state index is -0.667. The van der Waals surface area contributed by atoms with Crippen LogP contribution in [0.15, 0.2) is 41.1 Å². The van der Waals surface area contributed by atoms with Crippen LogP contribution in [0.3, 0.4) is 0 Å². The molecule has 0 radical (unpaired) electrons. The summed E-state index contributed by atoms with van der Waals surface area (Å²) in [7, 11) is 0. The lowest BCUT2D eigenvalue weighted by molar-refractivity contribution is 0.0442. The molecule has 0 bridgehead atoms. The first kappa shape index (κ1) is 15.8. The van der Waals surface area contributed by atoms with Crippen molar-refractivity contribution in [3.05, 3.63) is 65.1 Å². The second-order valence-electron chi connectivity index (χ2n) is 5.46. The first-order valence-corrected chi connectivity index (χ1v) is 7.45. The predicted octanol–water partition coefficient (Wildman–Crippen LogP) is 2.51. The van der Waals surface area contributed by atoms with E-state index in [0.717, 1.165) is 11.4 Å². The van der Waals surface area contributed by atoms with Gasteiger partial charge in [0.15, 0.2) is 6.61 Å². The van der Waals surface area contributed by atoms with Crippen LogP contribution in [-0.2, 0) is 11.3 Å². The lowest BCUT2D eigenvalue weighted by Gasteiger charge is -2.02. The van der Waals surface area contributed by atoms with Crippen LogP contribution in [0, 0.1) is 13.8 Å². The van der Waals surface area contributed by atoms with Gasteiger partial charge in [-0.05, 0) is 38.1 Å². The highest BCUT2D eigenvalue weighted by Gasteiger charge is 2.17. The van der Waals surface area contributed by atoms with Crippen molar-refractivity contribution in [2.45, 2.75) is 20.4 Å². The van der Waals surface area contributed by atoms with Crippen molar-refractivity contribution in [3.63, 3.8) is 0 Å². The molecule has 0 atom stereocenters. The van der Waals surface area contributed by atoms with E-state index in [1.165, 1.54) is 6.07 Å². The summed E-state index contributed by atoms with van der Waals surface area (Å²) in [5.74, 6) is -0.283. The van der Waals surface area contributed by atoms with Gasteiger partial charge in [0.05, 0.1) is 6.54 Å². The van der Waals surface area contributed by atoms with Gasteiger partial charge in [0, 0.05) is 29.3 Å². The van der Waals surface area contributed by atoms with Crippen LogP contribution in [0.1, 0.15) is 38.1 Å². The van der Waals surface area contributed by atoms with E-state index in [-0.39, 0.29) is 18.2 Å². The third-order valence-corrected chi connectivity index (χ3v) is 3.52. The van der Waals surface area contributed by atoms with Gasteiger partial charge in [0.1, 0.15) is 5.76 Å². The number of aryl methyl sites for hydroxylation is 2. The Kier molecular flexibility index (Phi) is 4.33. The van der Waals surface area contributed by atoms with Crippen molar-refractivity contribution in [2.24, 2.45) is 0 Å². The lowest BCUT2D eigenvalue weighted by atomic mass is 10.2. The number of aromatic nitrogens is 3. The van der Waals surface area contributed by atoms with E-state index >= 15 is 0 Å². The SMILES string of the molecule is Cc1cc(C(=O)COC(=O)c2ccc(Cn3cccn3)o2)c(C)[nH]1. The quantitative estimate of drug-likeness (QED) is 0.555. The zero-order valence-corrected chi connectivity index (χ0v) is 13.4. The Balaban J connectivity index is 1.58. The molecule has 0 amide bonds. The van der Waals surface area contributed by atoms with E-state index in [0.29, 0.717) is 17.9 Å². The smallest absolute Gasteiger partial charge is 0.374 e. The van der Waals surface area contributed by atoms with Gasteiger partial charge in [-0.1, -0.05) is 0 Å². The van der Waals surface area contributed by atoms with Gasteiger partial charge in [-0.15, -0.1) is 0 Å². The van der Waals surface area contributed by atoms with E-state index in [1.807, 2.05) is 6.92 Å². The second kappa shape index (κ2) is 6.57. The number of rotatable bonds is 6. The van der Waals surface area contributed by atoms with E-state index in [2.05, 4.69) is 10.1 Å². The summed E-state index contributed by atoms with van der Waals surface area (Å²) in [5, 5.41) is 4.06. The normalized spacial score (nSPS) is 10.8. The summed E-state index contributed by atoms with van der Waals surface area (Å²) < 4.78 is 12.1. The Morgan fingerprint density at radius 1 is 1.33 bits per heavy atom. The van der Waals surface area contributed by atoms with Crippen molar-refractivity contribution in [3.8, 4) is 0 Å². The maximum Gasteiger partial charge on any atom is 0.374 e. The standard InChI is InChI=1S/C17H17N3O4/c1-11-8-14(12(2)19-11)15(21)10-23-17(22)16-5-4-13(24-16)9-20-7-3-6-18-20/h3-8,19H,9-10H2,1-2H3. The van der Waals surface area contributed by atoms with Gasteiger partial charge in [-0.25, -0.2) is 4.79 Å². The molecule has 0 aliphatic rings. The molecule has 3 heterocycles. The van der Waals surface area contributed by atoms with Crippen LogP contribution in [0.5, 0.6) is 0 Å². The molecule has 1 N–H and O–H groups in total. The Hall–Kier alpha value is -3.09. The first-order valence-electron chi connectivity index (χ1n) is 7.45. The average molecular weight is 327 g/mol. The number of carbonyl (C=O) groups is 2. The van der Waals surface area contributed by atoms with Gasteiger partial charge in [0.2, 0.25) is 11.5 Å². The van der Waals surface area contributed by atoms with Crippen LogP contribution in [0.2, 0.25) is 0 Å². The number of ether oxygens (including phenoxy) is 1. The molecule has 0 aliphatic carbocycles. The van der Waals surface area contributed by atoms with Crippen LogP contribution in [-0.4, -0.2) is 33.1 Å².